The highest BCUT2D eigenvalue weighted by molar-refractivity contribution is 14.1. The molecule has 2 atom stereocenters. The molecule has 2 N–H and O–H groups in total. The lowest BCUT2D eigenvalue weighted by Crippen LogP contribution is -2.90. The third-order valence-corrected chi connectivity index (χ3v) is 2.69. The molecule has 0 aromatic heterocycles. The summed E-state index contributed by atoms with van der Waals surface area (Å²) in [6.45, 7) is 1.17. The molecule has 46 valence electrons. The van der Waals surface area contributed by atoms with E-state index in [-0.39, 0.29) is 0 Å². The molecule has 0 saturated heterocycles. The van der Waals surface area contributed by atoms with Crippen LogP contribution in [-0.4, -0.2) is 15.4 Å². The number of hydrogen-bond donors (Lipinski definition) is 1. The predicted octanol–water partition coefficient (Wildman–Crippen LogP) is 0.644. The van der Waals surface area contributed by atoms with E-state index in [0.29, 0.717) is 8.88 Å². The topological polar surface area (TPSA) is 16.6 Å². The smallest absolute Gasteiger partial charge is 0.155 e. The van der Waals surface area contributed by atoms with Crippen molar-refractivity contribution in [3.8, 4) is 0 Å². The van der Waals surface area contributed by atoms with E-state index < -0.39 is 0 Å². The van der Waals surface area contributed by atoms with Crippen molar-refractivity contribution in [1.29, 1.82) is 0 Å². The van der Waals surface area contributed by atoms with E-state index >= 15 is 0 Å². The van der Waals surface area contributed by atoms with Crippen LogP contribution in [0.5, 0.6) is 0 Å². The Morgan fingerprint density at radius 2 is 2.38 bits per heavy atom. The van der Waals surface area contributed by atoms with E-state index in [9.17, 15) is 0 Å². The summed E-state index contributed by atoms with van der Waals surface area (Å²) >= 11 is 5.90. The van der Waals surface area contributed by atoms with Gasteiger partial charge in [0.15, 0.2) is 4.05 Å². The first kappa shape index (κ1) is 7.02. The Hall–Kier alpha value is 0.910. The molecule has 0 amide bonds. The van der Waals surface area contributed by atoms with E-state index in [1.807, 2.05) is 0 Å². The van der Waals surface area contributed by atoms with E-state index in [4.69, 9.17) is 0 Å². The van der Waals surface area contributed by atoms with Crippen molar-refractivity contribution >= 4 is 38.5 Å². The molecule has 0 spiro atoms. The Morgan fingerprint density at radius 3 is 2.75 bits per heavy atom. The van der Waals surface area contributed by atoms with Crippen LogP contribution >= 0.6 is 38.5 Å². The summed E-state index contributed by atoms with van der Waals surface area (Å²) in [5, 5.41) is 2.31. The molecule has 0 bridgehead atoms. The molecular formula is C5H8BrIN+. The van der Waals surface area contributed by atoms with Crippen molar-refractivity contribution < 1.29 is 5.32 Å². The van der Waals surface area contributed by atoms with Gasteiger partial charge < -0.3 is 5.32 Å². The average molecular weight is 289 g/mol. The van der Waals surface area contributed by atoms with Crippen LogP contribution in [0.1, 0.15) is 0 Å². The summed E-state index contributed by atoms with van der Waals surface area (Å²) in [5.74, 6) is 0. The van der Waals surface area contributed by atoms with Gasteiger partial charge in [-0.3, -0.25) is 0 Å². The summed E-state index contributed by atoms with van der Waals surface area (Å²) in [7, 11) is 0. The van der Waals surface area contributed by atoms with E-state index in [1.165, 1.54) is 6.54 Å². The molecule has 1 aliphatic rings. The molecule has 1 heterocycles. The van der Waals surface area contributed by atoms with Crippen molar-refractivity contribution in [3.05, 3.63) is 12.2 Å². The first-order valence-corrected chi connectivity index (χ1v) is 4.75. The van der Waals surface area contributed by atoms with E-state index in [2.05, 4.69) is 56.0 Å². The van der Waals surface area contributed by atoms with Crippen molar-refractivity contribution in [1.82, 2.24) is 0 Å². The van der Waals surface area contributed by atoms with Crippen LogP contribution in [0.4, 0.5) is 0 Å². The first-order valence-electron chi connectivity index (χ1n) is 2.59. The standard InChI is InChI=1S/C5H7BrIN/c6-4-1-2-5(7)8-3-4/h1-2,4-5,8H,3H2/p+1. The van der Waals surface area contributed by atoms with Gasteiger partial charge in [0, 0.05) is 0 Å². The van der Waals surface area contributed by atoms with Gasteiger partial charge in [-0.1, -0.05) is 22.0 Å². The molecule has 0 aromatic carbocycles. The third kappa shape index (κ3) is 2.03. The molecule has 8 heavy (non-hydrogen) atoms. The highest BCUT2D eigenvalue weighted by Crippen LogP contribution is 2.04. The van der Waals surface area contributed by atoms with Gasteiger partial charge in [-0.05, 0) is 28.7 Å². The Kier molecular flexibility index (Phi) is 2.79. The quantitative estimate of drug-likeness (QED) is 0.292. The van der Waals surface area contributed by atoms with Gasteiger partial charge in [0.2, 0.25) is 0 Å². The molecule has 0 aliphatic carbocycles. The highest BCUT2D eigenvalue weighted by Gasteiger charge is 2.11. The van der Waals surface area contributed by atoms with Crippen LogP contribution in [0.2, 0.25) is 0 Å². The maximum absolute atomic E-state index is 3.49. The summed E-state index contributed by atoms with van der Waals surface area (Å²) in [4.78, 5) is 0.591. The minimum absolute atomic E-state index is 0.591. The van der Waals surface area contributed by atoms with Crippen molar-refractivity contribution in [3.63, 3.8) is 0 Å². The second-order valence-electron chi connectivity index (χ2n) is 1.82. The average Bonchev–Trinajstić information content (AvgIpc) is 1.77. The minimum Gasteiger partial charge on any atom is -0.331 e. The summed E-state index contributed by atoms with van der Waals surface area (Å²) in [5.41, 5.74) is 0. The van der Waals surface area contributed by atoms with Crippen LogP contribution < -0.4 is 5.32 Å². The van der Waals surface area contributed by atoms with Crippen LogP contribution in [0.15, 0.2) is 12.2 Å². The fraction of sp³-hybridized carbons (Fsp3) is 0.600. The molecule has 2 unspecified atom stereocenters. The zero-order valence-corrected chi connectivity index (χ0v) is 8.09. The fourth-order valence-electron chi connectivity index (χ4n) is 0.644. The summed E-state index contributed by atoms with van der Waals surface area (Å²) in [6, 6.07) is 0. The van der Waals surface area contributed by atoms with Gasteiger partial charge in [-0.15, -0.1) is 0 Å². The van der Waals surface area contributed by atoms with Gasteiger partial charge in [0.25, 0.3) is 0 Å². The maximum atomic E-state index is 3.49. The lowest BCUT2D eigenvalue weighted by atomic mass is 10.3. The minimum atomic E-state index is 0.591. The number of nitrogens with two attached hydrogens (primary N) is 1. The number of alkyl halides is 2. The van der Waals surface area contributed by atoms with E-state index in [1.54, 1.807) is 0 Å². The molecule has 0 fully saturated rings. The molecule has 1 rings (SSSR count). The molecule has 0 radical (unpaired) electrons. The van der Waals surface area contributed by atoms with Gasteiger partial charge in [0.05, 0.1) is 11.4 Å². The third-order valence-electron chi connectivity index (χ3n) is 1.09. The number of hydrogen-bond acceptors (Lipinski definition) is 0. The Balaban J connectivity index is 2.42. The summed E-state index contributed by atoms with van der Waals surface area (Å²) in [6.07, 6.45) is 4.42. The Morgan fingerprint density at radius 1 is 1.62 bits per heavy atom. The fourth-order valence-corrected chi connectivity index (χ4v) is 1.57. The van der Waals surface area contributed by atoms with Crippen molar-refractivity contribution in [2.75, 3.05) is 6.54 Å². The first-order chi connectivity index (χ1) is 3.79. The predicted molar refractivity (Wildman–Crippen MR) is 46.5 cm³/mol. The monoisotopic (exact) mass is 288 g/mol. The SMILES string of the molecule is BrC1C=CC(I)[NH2+]C1. The van der Waals surface area contributed by atoms with Gasteiger partial charge in [-0.25, -0.2) is 0 Å². The van der Waals surface area contributed by atoms with Crippen molar-refractivity contribution in [2.45, 2.75) is 8.88 Å². The molecule has 1 nitrogen and oxygen atoms in total. The lowest BCUT2D eigenvalue weighted by molar-refractivity contribution is -0.653. The second kappa shape index (κ2) is 3.17. The van der Waals surface area contributed by atoms with Crippen LogP contribution in [0.3, 0.4) is 0 Å². The zero-order chi connectivity index (χ0) is 5.98. The molecule has 1 aliphatic heterocycles. The molecule has 3 heteroatoms. The number of quaternary nitrogens is 1. The van der Waals surface area contributed by atoms with Crippen LogP contribution in [0, 0.1) is 0 Å². The zero-order valence-electron chi connectivity index (χ0n) is 4.35. The lowest BCUT2D eigenvalue weighted by Gasteiger charge is -2.11. The Bertz CT molecular complexity index is 92.6. The van der Waals surface area contributed by atoms with Crippen LogP contribution in [-0.2, 0) is 0 Å². The van der Waals surface area contributed by atoms with E-state index in [0.717, 1.165) is 0 Å². The Labute approximate surface area is 71.2 Å². The van der Waals surface area contributed by atoms with Gasteiger partial charge >= 0.3 is 0 Å². The summed E-state index contributed by atoms with van der Waals surface area (Å²) < 4.78 is 0.654. The largest absolute Gasteiger partial charge is 0.331 e. The highest BCUT2D eigenvalue weighted by atomic mass is 127. The van der Waals surface area contributed by atoms with Crippen LogP contribution in [0.25, 0.3) is 0 Å². The van der Waals surface area contributed by atoms with Gasteiger partial charge in [-0.2, -0.15) is 0 Å². The molecule has 0 saturated carbocycles. The second-order valence-corrected chi connectivity index (χ2v) is 4.43. The normalized spacial score (nSPS) is 37.8. The van der Waals surface area contributed by atoms with Gasteiger partial charge in [0.1, 0.15) is 0 Å². The maximum Gasteiger partial charge on any atom is 0.155 e. The van der Waals surface area contributed by atoms with Crippen molar-refractivity contribution in [2.24, 2.45) is 0 Å². The molecule has 0 aromatic rings. The number of rotatable bonds is 0. The number of halogens is 2. The molecular weight excluding hydrogens is 281 g/mol.